The van der Waals surface area contributed by atoms with E-state index in [1.54, 1.807) is 0 Å². The molecule has 1 aromatic rings. The number of rotatable bonds is 1. The summed E-state index contributed by atoms with van der Waals surface area (Å²) in [4.78, 5) is 11.5. The third kappa shape index (κ3) is 2.41. The van der Waals surface area contributed by atoms with Gasteiger partial charge in [0.05, 0.1) is 0 Å². The largest absolute Gasteiger partial charge is 0.295 e. The molecule has 1 heteroatoms. The first-order chi connectivity index (χ1) is 7.66. The fourth-order valence-electron chi connectivity index (χ4n) is 2.12. The Kier molecular flexibility index (Phi) is 3.23. The Balaban J connectivity index is 2.35. The van der Waals surface area contributed by atoms with Crippen molar-refractivity contribution in [2.75, 3.05) is 0 Å². The number of hydrogen-bond acceptors (Lipinski definition) is 1. The third-order valence-electron chi connectivity index (χ3n) is 3.33. The fourth-order valence-corrected chi connectivity index (χ4v) is 2.12. The summed E-state index contributed by atoms with van der Waals surface area (Å²) in [5, 5.41) is 0. The van der Waals surface area contributed by atoms with E-state index >= 15 is 0 Å². The van der Waals surface area contributed by atoms with Crippen LogP contribution in [0.25, 0.3) is 5.57 Å². The average molecular weight is 214 g/mol. The van der Waals surface area contributed by atoms with E-state index in [9.17, 15) is 4.79 Å². The van der Waals surface area contributed by atoms with Gasteiger partial charge in [-0.1, -0.05) is 18.2 Å². The van der Waals surface area contributed by atoms with E-state index in [4.69, 9.17) is 0 Å². The molecule has 0 bridgehead atoms. The standard InChI is InChI=1S/C15H18O/c1-11-7-8-14(9-12(11)2)13-5-3-4-6-15(16)10-13/h7-10H,3-6H2,1-2H3. The zero-order valence-corrected chi connectivity index (χ0v) is 10.0. The third-order valence-corrected chi connectivity index (χ3v) is 3.33. The molecule has 0 saturated heterocycles. The second kappa shape index (κ2) is 4.65. The summed E-state index contributed by atoms with van der Waals surface area (Å²) in [5.41, 5.74) is 5.04. The van der Waals surface area contributed by atoms with Gasteiger partial charge in [0.25, 0.3) is 0 Å². The molecule has 0 saturated carbocycles. The van der Waals surface area contributed by atoms with Gasteiger partial charge in [0, 0.05) is 6.42 Å². The van der Waals surface area contributed by atoms with Gasteiger partial charge in [-0.25, -0.2) is 0 Å². The summed E-state index contributed by atoms with van der Waals surface area (Å²) < 4.78 is 0. The number of ketones is 1. The lowest BCUT2D eigenvalue weighted by Gasteiger charge is -2.08. The van der Waals surface area contributed by atoms with Gasteiger partial charge in [-0.15, -0.1) is 0 Å². The molecule has 0 radical (unpaired) electrons. The Morgan fingerprint density at radius 2 is 1.75 bits per heavy atom. The molecular formula is C15H18O. The molecule has 0 atom stereocenters. The lowest BCUT2D eigenvalue weighted by atomic mass is 9.97. The van der Waals surface area contributed by atoms with Gasteiger partial charge in [0.2, 0.25) is 0 Å². The van der Waals surface area contributed by atoms with Crippen molar-refractivity contribution in [1.82, 2.24) is 0 Å². The quantitative estimate of drug-likeness (QED) is 0.694. The van der Waals surface area contributed by atoms with Crippen LogP contribution < -0.4 is 0 Å². The minimum atomic E-state index is 0.283. The highest BCUT2D eigenvalue weighted by Gasteiger charge is 2.10. The molecule has 0 fully saturated rings. The SMILES string of the molecule is Cc1ccc(C2=CC(=O)CCCC2)cc1C. The molecule has 84 valence electrons. The molecular weight excluding hydrogens is 196 g/mol. The fraction of sp³-hybridized carbons (Fsp3) is 0.400. The second-order valence-electron chi connectivity index (χ2n) is 4.64. The maximum atomic E-state index is 11.5. The average Bonchev–Trinajstić information content (AvgIpc) is 2.47. The van der Waals surface area contributed by atoms with Crippen LogP contribution in [0.15, 0.2) is 24.3 Å². The van der Waals surface area contributed by atoms with E-state index in [0.717, 1.165) is 19.3 Å². The summed E-state index contributed by atoms with van der Waals surface area (Å²) in [6.07, 6.45) is 5.76. The molecule has 0 aromatic heterocycles. The predicted octanol–water partition coefficient (Wildman–Crippen LogP) is 3.83. The number of carbonyl (C=O) groups excluding carboxylic acids is 1. The highest BCUT2D eigenvalue weighted by molar-refractivity contribution is 5.97. The van der Waals surface area contributed by atoms with Crippen molar-refractivity contribution >= 4 is 11.4 Å². The number of carbonyl (C=O) groups is 1. The minimum absolute atomic E-state index is 0.283. The van der Waals surface area contributed by atoms with Gasteiger partial charge in [0.1, 0.15) is 0 Å². The molecule has 1 nitrogen and oxygen atoms in total. The zero-order valence-electron chi connectivity index (χ0n) is 10.0. The van der Waals surface area contributed by atoms with E-state index in [2.05, 4.69) is 32.0 Å². The maximum absolute atomic E-state index is 11.5. The molecule has 1 aliphatic carbocycles. The molecule has 16 heavy (non-hydrogen) atoms. The summed E-state index contributed by atoms with van der Waals surface area (Å²) in [6.45, 7) is 4.24. The van der Waals surface area contributed by atoms with Crippen LogP contribution in [-0.2, 0) is 4.79 Å². The highest BCUT2D eigenvalue weighted by atomic mass is 16.1. The van der Waals surface area contributed by atoms with Crippen LogP contribution in [0.2, 0.25) is 0 Å². The number of aryl methyl sites for hydroxylation is 2. The first-order valence-corrected chi connectivity index (χ1v) is 5.98. The number of allylic oxidation sites excluding steroid dienone is 2. The zero-order chi connectivity index (χ0) is 11.5. The van der Waals surface area contributed by atoms with Crippen molar-refractivity contribution in [3.8, 4) is 0 Å². The van der Waals surface area contributed by atoms with Crippen molar-refractivity contribution in [1.29, 1.82) is 0 Å². The van der Waals surface area contributed by atoms with Crippen LogP contribution in [0.1, 0.15) is 42.4 Å². The molecule has 0 spiro atoms. The van der Waals surface area contributed by atoms with Gasteiger partial charge >= 0.3 is 0 Å². The van der Waals surface area contributed by atoms with Gasteiger partial charge < -0.3 is 0 Å². The lowest BCUT2D eigenvalue weighted by molar-refractivity contribution is -0.114. The molecule has 1 aliphatic rings. The summed E-state index contributed by atoms with van der Waals surface area (Å²) in [7, 11) is 0. The van der Waals surface area contributed by atoms with E-state index in [-0.39, 0.29) is 5.78 Å². The first kappa shape index (κ1) is 11.1. The Bertz CT molecular complexity index is 441. The van der Waals surface area contributed by atoms with Gasteiger partial charge in [0.15, 0.2) is 5.78 Å². The first-order valence-electron chi connectivity index (χ1n) is 5.98. The molecule has 0 heterocycles. The van der Waals surface area contributed by atoms with Crippen LogP contribution in [0.5, 0.6) is 0 Å². The molecule has 0 N–H and O–H groups in total. The number of benzene rings is 1. The molecule has 0 unspecified atom stereocenters. The Morgan fingerprint density at radius 1 is 1.00 bits per heavy atom. The summed E-state index contributed by atoms with van der Waals surface area (Å²) >= 11 is 0. The minimum Gasteiger partial charge on any atom is -0.295 e. The van der Waals surface area contributed by atoms with E-state index in [0.29, 0.717) is 6.42 Å². The van der Waals surface area contributed by atoms with Crippen LogP contribution in [0.4, 0.5) is 0 Å². The monoisotopic (exact) mass is 214 g/mol. The maximum Gasteiger partial charge on any atom is 0.155 e. The smallest absolute Gasteiger partial charge is 0.155 e. The van der Waals surface area contributed by atoms with Crippen molar-refractivity contribution in [2.24, 2.45) is 0 Å². The molecule has 1 aromatic carbocycles. The Morgan fingerprint density at radius 3 is 2.50 bits per heavy atom. The van der Waals surface area contributed by atoms with Crippen molar-refractivity contribution in [3.63, 3.8) is 0 Å². The second-order valence-corrected chi connectivity index (χ2v) is 4.64. The topological polar surface area (TPSA) is 17.1 Å². The van der Waals surface area contributed by atoms with E-state index < -0.39 is 0 Å². The lowest BCUT2D eigenvalue weighted by Crippen LogP contribution is -1.91. The normalized spacial score (nSPS) is 16.9. The summed E-state index contributed by atoms with van der Waals surface area (Å²) in [5.74, 6) is 0.283. The molecule has 0 amide bonds. The molecule has 0 aliphatic heterocycles. The van der Waals surface area contributed by atoms with E-state index in [1.807, 2.05) is 6.08 Å². The van der Waals surface area contributed by atoms with Crippen LogP contribution in [0, 0.1) is 13.8 Å². The van der Waals surface area contributed by atoms with Crippen molar-refractivity contribution in [3.05, 3.63) is 41.0 Å². The number of hydrogen-bond donors (Lipinski definition) is 0. The van der Waals surface area contributed by atoms with Gasteiger partial charge in [-0.3, -0.25) is 4.79 Å². The summed E-state index contributed by atoms with van der Waals surface area (Å²) in [6, 6.07) is 6.47. The van der Waals surface area contributed by atoms with Crippen LogP contribution in [0.3, 0.4) is 0 Å². The Hall–Kier alpha value is -1.37. The van der Waals surface area contributed by atoms with Crippen molar-refractivity contribution in [2.45, 2.75) is 39.5 Å². The molecule has 2 rings (SSSR count). The predicted molar refractivity (Wildman–Crippen MR) is 67.4 cm³/mol. The Labute approximate surface area is 97.2 Å². The van der Waals surface area contributed by atoms with E-state index in [1.165, 1.54) is 22.3 Å². The van der Waals surface area contributed by atoms with Crippen molar-refractivity contribution < 1.29 is 4.79 Å². The highest BCUT2D eigenvalue weighted by Crippen LogP contribution is 2.26. The van der Waals surface area contributed by atoms with Crippen LogP contribution >= 0.6 is 0 Å². The van der Waals surface area contributed by atoms with Gasteiger partial charge in [-0.05, 0) is 61.4 Å². The van der Waals surface area contributed by atoms with Gasteiger partial charge in [-0.2, -0.15) is 0 Å². The van der Waals surface area contributed by atoms with Crippen LogP contribution in [-0.4, -0.2) is 5.78 Å².